The molecule has 2 aliphatic rings. The van der Waals surface area contributed by atoms with E-state index >= 15 is 0 Å². The van der Waals surface area contributed by atoms with Gasteiger partial charge in [-0.2, -0.15) is 15.8 Å². The smallest absolute Gasteiger partial charge is 0.214 e. The molecule has 0 aromatic rings. The summed E-state index contributed by atoms with van der Waals surface area (Å²) in [5, 5.41) is 35.7. The molecule has 2 heterocycles. The summed E-state index contributed by atoms with van der Waals surface area (Å²) in [5.41, 5.74) is -3.24. The molecule has 2 fully saturated rings. The van der Waals surface area contributed by atoms with Crippen LogP contribution in [-0.4, -0.2) is 18.3 Å². The molecule has 0 amide bonds. The minimum Gasteiger partial charge on any atom is -0.448 e. The molecule has 3 unspecified atom stereocenters. The van der Waals surface area contributed by atoms with Crippen LogP contribution in [-0.2, 0) is 9.47 Å². The molecular weight excluding hydrogens is 220 g/mol. The minimum atomic E-state index is -1.69. The van der Waals surface area contributed by atoms with Crippen molar-refractivity contribution in [3.8, 4) is 18.2 Å². The predicted octanol–water partition coefficient (Wildman–Crippen LogP) is 0.920. The lowest BCUT2D eigenvalue weighted by atomic mass is 9.57. The van der Waals surface area contributed by atoms with Crippen molar-refractivity contribution in [2.24, 2.45) is 16.7 Å². The Morgan fingerprint density at radius 3 is 2.35 bits per heavy atom. The number of hydrogen-bond acceptors (Lipinski definition) is 6. The fourth-order valence-corrected chi connectivity index (χ4v) is 2.55. The second-order valence-electron chi connectivity index (χ2n) is 4.51. The monoisotopic (exact) mass is 230 g/mol. The van der Waals surface area contributed by atoms with Crippen molar-refractivity contribution in [1.82, 2.24) is 0 Å². The minimum absolute atomic E-state index is 0.225. The quantitative estimate of drug-likeness (QED) is 0.664. The maximum Gasteiger partial charge on any atom is 0.214 e. The lowest BCUT2D eigenvalue weighted by Gasteiger charge is -2.42. The van der Waals surface area contributed by atoms with E-state index in [0.29, 0.717) is 0 Å². The highest BCUT2D eigenvalue weighted by atomic mass is 16.7. The van der Waals surface area contributed by atoms with Crippen molar-refractivity contribution in [1.29, 1.82) is 21.2 Å². The Kier molecular flexibility index (Phi) is 1.99. The number of nitriles is 3. The molecule has 2 aliphatic heterocycles. The van der Waals surface area contributed by atoms with Crippen LogP contribution < -0.4 is 0 Å². The molecule has 3 atom stereocenters. The first-order valence-electron chi connectivity index (χ1n) is 5.08. The number of rotatable bonds is 0. The molecule has 2 saturated heterocycles. The van der Waals surface area contributed by atoms with Gasteiger partial charge in [-0.25, -0.2) is 0 Å². The average Bonchev–Trinajstić information content (AvgIpc) is 2.46. The molecule has 2 rings (SSSR count). The zero-order chi connectivity index (χ0) is 12.9. The first kappa shape index (κ1) is 11.4. The van der Waals surface area contributed by atoms with E-state index in [1.807, 2.05) is 18.2 Å². The third-order valence-corrected chi connectivity index (χ3v) is 3.91. The van der Waals surface area contributed by atoms with Gasteiger partial charge in [0.1, 0.15) is 0 Å². The molecule has 6 nitrogen and oxygen atoms in total. The molecule has 0 spiro atoms. The second kappa shape index (κ2) is 2.97. The predicted molar refractivity (Wildman–Crippen MR) is 54.0 cm³/mol. The highest BCUT2D eigenvalue weighted by Crippen LogP contribution is 2.59. The van der Waals surface area contributed by atoms with E-state index in [-0.39, 0.29) is 12.5 Å². The van der Waals surface area contributed by atoms with Crippen molar-refractivity contribution < 1.29 is 9.47 Å². The van der Waals surface area contributed by atoms with E-state index in [2.05, 4.69) is 0 Å². The fraction of sp³-hybridized carbons (Fsp3) is 0.636. The van der Waals surface area contributed by atoms with Crippen molar-refractivity contribution >= 4 is 5.90 Å². The van der Waals surface area contributed by atoms with Crippen LogP contribution in [0.15, 0.2) is 0 Å². The van der Waals surface area contributed by atoms with Gasteiger partial charge >= 0.3 is 0 Å². The van der Waals surface area contributed by atoms with E-state index in [1.54, 1.807) is 13.8 Å². The van der Waals surface area contributed by atoms with Gasteiger partial charge in [-0.05, 0) is 0 Å². The highest BCUT2D eigenvalue weighted by Gasteiger charge is 2.74. The zero-order valence-corrected chi connectivity index (χ0v) is 9.44. The number of hydrogen-bond donors (Lipinski definition) is 1. The number of ether oxygens (including phenoxy) is 2. The number of nitrogens with zero attached hydrogens (tertiary/aromatic N) is 3. The van der Waals surface area contributed by atoms with Crippen molar-refractivity contribution in [3.05, 3.63) is 0 Å². The fourth-order valence-electron chi connectivity index (χ4n) is 2.55. The molecule has 6 heteroatoms. The first-order chi connectivity index (χ1) is 7.92. The standard InChI is InChI=1S/C11H10N4O2/c1-7-9(2)16-6-10(3-12,4-13)11(7,5-14)8(15)17-9/h7,15H,6H2,1-2H3. The van der Waals surface area contributed by atoms with Gasteiger partial charge in [0.15, 0.2) is 10.8 Å². The van der Waals surface area contributed by atoms with Crippen LogP contribution in [0.5, 0.6) is 0 Å². The lowest BCUT2D eigenvalue weighted by molar-refractivity contribution is -0.230. The summed E-state index contributed by atoms with van der Waals surface area (Å²) >= 11 is 0. The second-order valence-corrected chi connectivity index (χ2v) is 4.51. The molecule has 2 bridgehead atoms. The summed E-state index contributed by atoms with van der Waals surface area (Å²) in [6, 6.07) is 5.62. The van der Waals surface area contributed by atoms with Gasteiger partial charge in [0.05, 0.1) is 30.7 Å². The Bertz CT molecular complexity index is 509. The van der Waals surface area contributed by atoms with Crippen molar-refractivity contribution in [2.45, 2.75) is 19.6 Å². The van der Waals surface area contributed by atoms with Crippen LogP contribution in [0.3, 0.4) is 0 Å². The summed E-state index contributed by atoms with van der Waals surface area (Å²) in [5.74, 6) is -2.01. The van der Waals surface area contributed by atoms with Crippen LogP contribution in [0, 0.1) is 56.2 Å². The average molecular weight is 230 g/mol. The normalized spacial score (nSPS) is 41.8. The molecule has 0 radical (unpaired) electrons. The molecular formula is C11H10N4O2. The molecule has 1 N–H and O–H groups in total. The van der Waals surface area contributed by atoms with Gasteiger partial charge in [0.25, 0.3) is 0 Å². The van der Waals surface area contributed by atoms with Crippen molar-refractivity contribution in [2.75, 3.05) is 6.61 Å². The van der Waals surface area contributed by atoms with Gasteiger partial charge in [0, 0.05) is 6.92 Å². The highest BCUT2D eigenvalue weighted by molar-refractivity contribution is 5.88. The SMILES string of the molecule is CC1C2(C)OCC(C#N)(C#N)C1(C#N)C(=N)O2. The Morgan fingerprint density at radius 1 is 1.29 bits per heavy atom. The zero-order valence-electron chi connectivity index (χ0n) is 9.44. The maximum absolute atomic E-state index is 9.39. The third-order valence-electron chi connectivity index (χ3n) is 3.91. The van der Waals surface area contributed by atoms with E-state index in [9.17, 15) is 15.8 Å². The first-order valence-corrected chi connectivity index (χ1v) is 5.08. The van der Waals surface area contributed by atoms with E-state index in [4.69, 9.17) is 14.9 Å². The Hall–Kier alpha value is -2.10. The maximum atomic E-state index is 9.39. The van der Waals surface area contributed by atoms with Crippen LogP contribution >= 0.6 is 0 Å². The summed E-state index contributed by atoms with van der Waals surface area (Å²) in [6.07, 6.45) is 0. The van der Waals surface area contributed by atoms with Crippen LogP contribution in [0.25, 0.3) is 0 Å². The van der Waals surface area contributed by atoms with Gasteiger partial charge in [-0.3, -0.25) is 5.41 Å². The van der Waals surface area contributed by atoms with Crippen molar-refractivity contribution in [3.63, 3.8) is 0 Å². The van der Waals surface area contributed by atoms with Gasteiger partial charge in [-0.15, -0.1) is 0 Å². The van der Waals surface area contributed by atoms with Gasteiger partial charge in [0.2, 0.25) is 11.7 Å². The lowest BCUT2D eigenvalue weighted by Crippen LogP contribution is -2.56. The van der Waals surface area contributed by atoms with Crippen LogP contribution in [0.4, 0.5) is 0 Å². The molecule has 0 aromatic carbocycles. The molecule has 0 aliphatic carbocycles. The topological polar surface area (TPSA) is 114 Å². The van der Waals surface area contributed by atoms with E-state index in [0.717, 1.165) is 0 Å². The molecule has 0 aromatic heterocycles. The van der Waals surface area contributed by atoms with Gasteiger partial charge in [-0.1, -0.05) is 6.92 Å². The molecule has 17 heavy (non-hydrogen) atoms. The number of fused-ring (bicyclic) bond motifs is 2. The summed E-state index contributed by atoms with van der Waals surface area (Å²) in [6.45, 7) is 3.05. The van der Waals surface area contributed by atoms with Gasteiger partial charge < -0.3 is 9.47 Å². The Balaban J connectivity index is 2.74. The Labute approximate surface area is 98.5 Å². The number of nitrogens with one attached hydrogen (secondary N) is 1. The van der Waals surface area contributed by atoms with E-state index in [1.165, 1.54) is 0 Å². The largest absolute Gasteiger partial charge is 0.448 e. The summed E-state index contributed by atoms with van der Waals surface area (Å²) < 4.78 is 10.7. The third kappa shape index (κ3) is 0.934. The van der Waals surface area contributed by atoms with Crippen LogP contribution in [0.1, 0.15) is 13.8 Å². The van der Waals surface area contributed by atoms with Crippen LogP contribution in [0.2, 0.25) is 0 Å². The summed E-state index contributed by atoms with van der Waals surface area (Å²) in [4.78, 5) is 0. The summed E-state index contributed by atoms with van der Waals surface area (Å²) in [7, 11) is 0. The molecule has 86 valence electrons. The molecule has 0 saturated carbocycles. The Morgan fingerprint density at radius 2 is 1.88 bits per heavy atom. The van der Waals surface area contributed by atoms with E-state index < -0.39 is 22.5 Å².